The molecule has 1 aliphatic rings. The van der Waals surface area contributed by atoms with Crippen LogP contribution in [-0.4, -0.2) is 89.2 Å². The van der Waals surface area contributed by atoms with Gasteiger partial charge in [-0.3, -0.25) is 14.4 Å². The van der Waals surface area contributed by atoms with E-state index in [2.05, 4.69) is 81.5 Å². The minimum Gasteiger partial charge on any atom is -0.479 e. The second kappa shape index (κ2) is 60.7. The summed E-state index contributed by atoms with van der Waals surface area (Å²) in [6.45, 7) is 6.00. The van der Waals surface area contributed by atoms with E-state index < -0.39 is 67.3 Å². The molecule has 1 heterocycles. The lowest BCUT2D eigenvalue weighted by Gasteiger charge is -2.40. The van der Waals surface area contributed by atoms with Crippen LogP contribution in [0, 0.1) is 0 Å². The maximum Gasteiger partial charge on any atom is 0.335 e. The van der Waals surface area contributed by atoms with Gasteiger partial charge in [0.15, 0.2) is 24.6 Å². The molecule has 12 nitrogen and oxygen atoms in total. The molecule has 12 heteroatoms. The van der Waals surface area contributed by atoms with E-state index in [4.69, 9.17) is 23.7 Å². The molecular weight excluding hydrogens is 1070 g/mol. The highest BCUT2D eigenvalue weighted by Gasteiger charge is 2.50. The van der Waals surface area contributed by atoms with Crippen LogP contribution in [0.4, 0.5) is 0 Å². The van der Waals surface area contributed by atoms with Crippen LogP contribution in [0.1, 0.15) is 329 Å². The molecule has 0 radical (unpaired) electrons. The summed E-state index contributed by atoms with van der Waals surface area (Å²) < 4.78 is 28.6. The summed E-state index contributed by atoms with van der Waals surface area (Å²) >= 11 is 0. The molecule has 0 spiro atoms. The highest BCUT2D eigenvalue weighted by atomic mass is 16.7. The highest BCUT2D eigenvalue weighted by Crippen LogP contribution is 2.27. The third-order valence-corrected chi connectivity index (χ3v) is 16.1. The quantitative estimate of drug-likeness (QED) is 0.0228. The molecule has 6 atom stereocenters. The Kier molecular flexibility index (Phi) is 56.7. The van der Waals surface area contributed by atoms with Gasteiger partial charge in [-0.1, -0.05) is 281 Å². The van der Waals surface area contributed by atoms with Crippen molar-refractivity contribution < 1.29 is 58.2 Å². The van der Waals surface area contributed by atoms with Crippen LogP contribution in [0.15, 0.2) is 60.8 Å². The van der Waals surface area contributed by atoms with Gasteiger partial charge >= 0.3 is 23.9 Å². The number of hydrogen-bond donors (Lipinski definition) is 3. The Morgan fingerprint density at radius 2 is 0.706 bits per heavy atom. The van der Waals surface area contributed by atoms with Gasteiger partial charge in [-0.25, -0.2) is 4.79 Å². The largest absolute Gasteiger partial charge is 0.479 e. The number of carboxylic acids is 1. The Labute approximate surface area is 519 Å². The number of carbonyl (C=O) groups excluding carboxylic acids is 3. The van der Waals surface area contributed by atoms with Crippen LogP contribution >= 0.6 is 0 Å². The number of esters is 3. The number of unbranched alkanes of at least 4 members (excludes halogenated alkanes) is 37. The number of carbonyl (C=O) groups is 4. The molecule has 1 saturated heterocycles. The Hall–Kier alpha value is -3.58. The number of aliphatic carboxylic acids is 1. The SMILES string of the molecule is CCCCC/C=C\C/C=C\C/C=C\CCCCCCCCC(=O)OC1C(OCC(COC(=O)CCCCCCCCCCC/C=C\C/C=C\CCCCC)OC(=O)CCCCCCCCCCCCCCCCCCC)OC(C(=O)O)C(O)C1O. The first-order chi connectivity index (χ1) is 41.6. The smallest absolute Gasteiger partial charge is 0.335 e. The minimum absolute atomic E-state index is 0.0468. The summed E-state index contributed by atoms with van der Waals surface area (Å²) in [5.74, 6) is -3.11. The summed E-state index contributed by atoms with van der Waals surface area (Å²) in [4.78, 5) is 51.5. The van der Waals surface area contributed by atoms with Crippen LogP contribution in [0.25, 0.3) is 0 Å². The van der Waals surface area contributed by atoms with Crippen molar-refractivity contribution in [3.05, 3.63) is 60.8 Å². The lowest BCUT2D eigenvalue weighted by atomic mass is 9.98. The molecule has 1 fully saturated rings. The molecule has 0 aromatic carbocycles. The fourth-order valence-electron chi connectivity index (χ4n) is 10.6. The molecular formula is C73H128O12. The van der Waals surface area contributed by atoms with Crippen LogP contribution in [-0.2, 0) is 42.9 Å². The summed E-state index contributed by atoms with van der Waals surface area (Å²) in [5, 5.41) is 31.7. The van der Waals surface area contributed by atoms with Crippen molar-refractivity contribution in [1.29, 1.82) is 0 Å². The molecule has 0 bridgehead atoms. The van der Waals surface area contributed by atoms with E-state index in [1.165, 1.54) is 167 Å². The molecule has 0 aromatic heterocycles. The number of aliphatic hydroxyl groups is 2. The van der Waals surface area contributed by atoms with Crippen LogP contribution in [0.5, 0.6) is 0 Å². The summed E-state index contributed by atoms with van der Waals surface area (Å²) in [7, 11) is 0. The van der Waals surface area contributed by atoms with E-state index >= 15 is 0 Å². The van der Waals surface area contributed by atoms with E-state index in [1.807, 2.05) is 0 Å². The predicted molar refractivity (Wildman–Crippen MR) is 349 cm³/mol. The molecule has 0 aliphatic carbocycles. The van der Waals surface area contributed by atoms with E-state index in [9.17, 15) is 34.5 Å². The number of allylic oxidation sites excluding steroid dienone is 10. The monoisotopic (exact) mass is 1200 g/mol. The normalized spacial score (nSPS) is 17.8. The van der Waals surface area contributed by atoms with Crippen molar-refractivity contribution in [3.8, 4) is 0 Å². The van der Waals surface area contributed by atoms with Gasteiger partial charge in [0.2, 0.25) is 0 Å². The van der Waals surface area contributed by atoms with Crippen molar-refractivity contribution in [2.24, 2.45) is 0 Å². The Bertz CT molecular complexity index is 1710. The average molecular weight is 1200 g/mol. The van der Waals surface area contributed by atoms with E-state index in [-0.39, 0.29) is 25.9 Å². The van der Waals surface area contributed by atoms with E-state index in [0.29, 0.717) is 19.3 Å². The van der Waals surface area contributed by atoms with Gasteiger partial charge in [0.1, 0.15) is 18.8 Å². The van der Waals surface area contributed by atoms with Crippen LogP contribution in [0.2, 0.25) is 0 Å². The molecule has 6 unspecified atom stereocenters. The molecule has 492 valence electrons. The molecule has 0 amide bonds. The number of ether oxygens (including phenoxy) is 5. The third-order valence-electron chi connectivity index (χ3n) is 16.1. The second-order valence-corrected chi connectivity index (χ2v) is 24.2. The molecule has 3 N–H and O–H groups in total. The summed E-state index contributed by atoms with van der Waals surface area (Å²) in [6, 6.07) is 0. The van der Waals surface area contributed by atoms with Crippen molar-refractivity contribution >= 4 is 23.9 Å². The van der Waals surface area contributed by atoms with Gasteiger partial charge in [0, 0.05) is 19.3 Å². The molecule has 0 aromatic rings. The van der Waals surface area contributed by atoms with Gasteiger partial charge in [-0.15, -0.1) is 0 Å². The zero-order valence-electron chi connectivity index (χ0n) is 54.6. The predicted octanol–water partition coefficient (Wildman–Crippen LogP) is 19.5. The van der Waals surface area contributed by atoms with E-state index in [0.717, 1.165) is 103 Å². The molecule has 0 saturated carbocycles. The van der Waals surface area contributed by atoms with Crippen molar-refractivity contribution in [3.63, 3.8) is 0 Å². The third kappa shape index (κ3) is 50.0. The maximum atomic E-state index is 13.2. The van der Waals surface area contributed by atoms with Gasteiger partial charge < -0.3 is 39.0 Å². The number of rotatable bonds is 61. The maximum absolute atomic E-state index is 13.2. The topological polar surface area (TPSA) is 175 Å². The Balaban J connectivity index is 2.63. The first-order valence-corrected chi connectivity index (χ1v) is 35.3. The molecule has 1 aliphatic heterocycles. The minimum atomic E-state index is -1.91. The second-order valence-electron chi connectivity index (χ2n) is 24.2. The van der Waals surface area contributed by atoms with Crippen molar-refractivity contribution in [2.45, 2.75) is 366 Å². The standard InChI is InChI=1S/C73H128O12/c1-4-7-10-13-16-19-22-25-28-31-33-36-38-41-44-47-50-53-56-59-65(74)81-62-64(83-66(75)60-57-54-51-48-45-42-39-35-30-27-24-21-18-15-12-9-6-3)63-82-73-71(69(78)68(77)70(85-73)72(79)80)84-67(76)61-58-55-52-49-46-43-40-37-34-32-29-26-23-20-17-14-11-8-5-2/h16-17,19-20,25-26,28-29,34,37,64,68-71,73,77-78H,4-15,18,21-24,27,30-33,35-36,38-63H2,1-3H3,(H,79,80)/b19-16-,20-17-,28-25-,29-26-,37-34-. The molecule has 85 heavy (non-hydrogen) atoms. The van der Waals surface area contributed by atoms with Crippen molar-refractivity contribution in [2.75, 3.05) is 13.2 Å². The van der Waals surface area contributed by atoms with Crippen LogP contribution < -0.4 is 0 Å². The number of carboxylic acid groups (broad SMARTS) is 1. The summed E-state index contributed by atoms with van der Waals surface area (Å²) in [6.07, 6.45) is 64.5. The van der Waals surface area contributed by atoms with Gasteiger partial charge in [0.25, 0.3) is 0 Å². The Morgan fingerprint density at radius 1 is 0.388 bits per heavy atom. The lowest BCUT2D eigenvalue weighted by molar-refractivity contribution is -0.301. The van der Waals surface area contributed by atoms with Gasteiger partial charge in [-0.05, 0) is 89.9 Å². The van der Waals surface area contributed by atoms with Crippen LogP contribution in [0.3, 0.4) is 0 Å². The average Bonchev–Trinajstić information content (AvgIpc) is 2.79. The Morgan fingerprint density at radius 3 is 1.09 bits per heavy atom. The summed E-state index contributed by atoms with van der Waals surface area (Å²) in [5.41, 5.74) is 0. The lowest BCUT2D eigenvalue weighted by Crippen LogP contribution is -2.61. The molecule has 1 rings (SSSR count). The zero-order chi connectivity index (χ0) is 61.7. The highest BCUT2D eigenvalue weighted by molar-refractivity contribution is 5.74. The first kappa shape index (κ1) is 79.4. The number of aliphatic hydroxyl groups excluding tert-OH is 2. The van der Waals surface area contributed by atoms with E-state index in [1.54, 1.807) is 0 Å². The fraction of sp³-hybridized carbons (Fsp3) is 0.808. The van der Waals surface area contributed by atoms with Crippen molar-refractivity contribution in [1.82, 2.24) is 0 Å². The fourth-order valence-corrected chi connectivity index (χ4v) is 10.6. The van der Waals surface area contributed by atoms with Gasteiger partial charge in [0.05, 0.1) is 6.61 Å². The first-order valence-electron chi connectivity index (χ1n) is 35.3. The zero-order valence-corrected chi connectivity index (χ0v) is 54.6. The van der Waals surface area contributed by atoms with Gasteiger partial charge in [-0.2, -0.15) is 0 Å². The number of hydrogen-bond acceptors (Lipinski definition) is 11.